The second kappa shape index (κ2) is 17.4. The van der Waals surface area contributed by atoms with Gasteiger partial charge in [-0.05, 0) is 12.5 Å². The maximum Gasteiger partial charge on any atom is 0.115 e. The third-order valence-electron chi connectivity index (χ3n) is 2.96. The minimum atomic E-state index is 0.844. The Labute approximate surface area is 124 Å². The second-order valence-electron chi connectivity index (χ2n) is 4.78. The van der Waals surface area contributed by atoms with Crippen molar-refractivity contribution in [2.24, 2.45) is 0 Å². The van der Waals surface area contributed by atoms with E-state index in [1.807, 2.05) is 0 Å². The first-order valence-corrected chi connectivity index (χ1v) is 8.21. The van der Waals surface area contributed by atoms with Gasteiger partial charge in [-0.15, -0.1) is 11.6 Å². The lowest BCUT2D eigenvalue weighted by Crippen LogP contribution is -1.81. The van der Waals surface area contributed by atoms with Crippen LogP contribution in [0.4, 0.5) is 0 Å². The van der Waals surface area contributed by atoms with Gasteiger partial charge >= 0.3 is 0 Å². The van der Waals surface area contributed by atoms with Crippen LogP contribution in [0.25, 0.3) is 0 Å². The molecule has 0 fully saturated rings. The van der Waals surface area contributed by atoms with E-state index in [1.54, 1.807) is 18.5 Å². The molecule has 0 bridgehead atoms. The Bertz CT molecular complexity index is 205. The van der Waals surface area contributed by atoms with Gasteiger partial charge in [-0.25, -0.2) is 9.97 Å². The molecule has 1 heterocycles. The van der Waals surface area contributed by atoms with Crippen LogP contribution >= 0.6 is 11.6 Å². The summed E-state index contributed by atoms with van der Waals surface area (Å²) in [5.74, 6) is 0.844. The quantitative estimate of drug-likeness (QED) is 0.411. The molecule has 2 nitrogen and oxygen atoms in total. The van der Waals surface area contributed by atoms with Crippen LogP contribution in [-0.4, -0.2) is 15.8 Å². The van der Waals surface area contributed by atoms with Gasteiger partial charge in [0.15, 0.2) is 0 Å². The molecule has 0 unspecified atom stereocenters. The average molecular weight is 285 g/mol. The molecule has 0 saturated heterocycles. The Kier molecular flexibility index (Phi) is 16.8. The molecule has 0 radical (unpaired) electrons. The summed E-state index contributed by atoms with van der Waals surface area (Å²) in [6.07, 6.45) is 18.8. The molecule has 0 N–H and O–H groups in total. The Morgan fingerprint density at radius 1 is 0.737 bits per heavy atom. The van der Waals surface area contributed by atoms with Crippen molar-refractivity contribution in [3.8, 4) is 0 Å². The summed E-state index contributed by atoms with van der Waals surface area (Å²) in [6.45, 7) is 2.27. The van der Waals surface area contributed by atoms with Crippen molar-refractivity contribution in [3.63, 3.8) is 0 Å². The summed E-state index contributed by atoms with van der Waals surface area (Å²) in [6, 6.07) is 1.78. The van der Waals surface area contributed by atoms with Crippen LogP contribution < -0.4 is 0 Å². The molecule has 1 aromatic rings. The number of alkyl halides is 1. The molecule has 0 aliphatic heterocycles. The molecular weight excluding hydrogens is 256 g/mol. The van der Waals surface area contributed by atoms with Gasteiger partial charge in [0.1, 0.15) is 6.33 Å². The third-order valence-corrected chi connectivity index (χ3v) is 3.23. The van der Waals surface area contributed by atoms with Crippen molar-refractivity contribution >= 4 is 11.6 Å². The van der Waals surface area contributed by atoms with Gasteiger partial charge in [-0.2, -0.15) is 0 Å². The van der Waals surface area contributed by atoms with E-state index >= 15 is 0 Å². The van der Waals surface area contributed by atoms with E-state index in [-0.39, 0.29) is 0 Å². The highest BCUT2D eigenvalue weighted by atomic mass is 35.5. The van der Waals surface area contributed by atoms with Crippen molar-refractivity contribution in [2.45, 2.75) is 71.1 Å². The first kappa shape index (κ1) is 18.4. The summed E-state index contributed by atoms with van der Waals surface area (Å²) in [5.41, 5.74) is 0. The second-order valence-corrected chi connectivity index (χ2v) is 5.15. The van der Waals surface area contributed by atoms with Crippen LogP contribution in [0.15, 0.2) is 24.8 Å². The van der Waals surface area contributed by atoms with E-state index in [1.165, 1.54) is 70.5 Å². The monoisotopic (exact) mass is 284 g/mol. The van der Waals surface area contributed by atoms with Crippen molar-refractivity contribution < 1.29 is 0 Å². The first-order chi connectivity index (χ1) is 9.41. The number of nitrogens with zero attached hydrogens (tertiary/aromatic N) is 2. The lowest BCUT2D eigenvalue weighted by Gasteiger charge is -2.00. The number of unbranched alkanes of at least 4 members (excludes halogenated alkanes) is 9. The Balaban J connectivity index is 0.000000443. The van der Waals surface area contributed by atoms with Crippen LogP contribution in [0.3, 0.4) is 0 Å². The van der Waals surface area contributed by atoms with Crippen molar-refractivity contribution in [3.05, 3.63) is 24.8 Å². The lowest BCUT2D eigenvalue weighted by atomic mass is 10.1. The molecule has 0 aliphatic carbocycles. The van der Waals surface area contributed by atoms with Crippen LogP contribution in [0.5, 0.6) is 0 Å². The highest BCUT2D eigenvalue weighted by molar-refractivity contribution is 6.17. The van der Waals surface area contributed by atoms with Crippen molar-refractivity contribution in [1.82, 2.24) is 9.97 Å². The van der Waals surface area contributed by atoms with E-state index in [4.69, 9.17) is 11.6 Å². The molecule has 110 valence electrons. The molecule has 0 aliphatic rings. The predicted molar refractivity (Wildman–Crippen MR) is 84.6 cm³/mol. The summed E-state index contributed by atoms with van der Waals surface area (Å²) in [4.78, 5) is 7.35. The van der Waals surface area contributed by atoms with Gasteiger partial charge in [0.05, 0.1) is 0 Å². The van der Waals surface area contributed by atoms with Gasteiger partial charge in [-0.3, -0.25) is 0 Å². The maximum atomic E-state index is 5.60. The molecule has 0 spiro atoms. The van der Waals surface area contributed by atoms with E-state index in [9.17, 15) is 0 Å². The van der Waals surface area contributed by atoms with E-state index < -0.39 is 0 Å². The normalized spacial score (nSPS) is 9.79. The summed E-state index contributed by atoms with van der Waals surface area (Å²) in [7, 11) is 0. The summed E-state index contributed by atoms with van der Waals surface area (Å²) < 4.78 is 0. The number of hydrogen-bond acceptors (Lipinski definition) is 2. The number of aromatic nitrogens is 2. The zero-order chi connectivity index (χ0) is 14.0. The molecule has 0 atom stereocenters. The highest BCUT2D eigenvalue weighted by Crippen LogP contribution is 2.10. The number of hydrogen-bond donors (Lipinski definition) is 0. The average Bonchev–Trinajstić information content (AvgIpc) is 2.48. The van der Waals surface area contributed by atoms with Gasteiger partial charge in [-0.1, -0.05) is 64.7 Å². The van der Waals surface area contributed by atoms with E-state index in [2.05, 4.69) is 16.9 Å². The SMILES string of the molecule is CCCCCCCCCCCCCl.c1cncnc1. The minimum Gasteiger partial charge on any atom is -0.245 e. The molecule has 0 amide bonds. The predicted octanol–water partition coefficient (Wildman–Crippen LogP) is 5.62. The zero-order valence-electron chi connectivity index (χ0n) is 12.4. The molecular formula is C16H29ClN2. The van der Waals surface area contributed by atoms with Crippen molar-refractivity contribution in [2.75, 3.05) is 5.88 Å². The van der Waals surface area contributed by atoms with Gasteiger partial charge in [0, 0.05) is 18.3 Å². The van der Waals surface area contributed by atoms with Crippen LogP contribution in [-0.2, 0) is 0 Å². The van der Waals surface area contributed by atoms with Crippen LogP contribution in [0.2, 0.25) is 0 Å². The van der Waals surface area contributed by atoms with E-state index in [0.717, 1.165) is 5.88 Å². The fraction of sp³-hybridized carbons (Fsp3) is 0.750. The molecule has 19 heavy (non-hydrogen) atoms. The first-order valence-electron chi connectivity index (χ1n) is 7.67. The molecule has 1 rings (SSSR count). The lowest BCUT2D eigenvalue weighted by molar-refractivity contribution is 0.563. The van der Waals surface area contributed by atoms with E-state index in [0.29, 0.717) is 0 Å². The van der Waals surface area contributed by atoms with Gasteiger partial charge in [0.2, 0.25) is 0 Å². The zero-order valence-corrected chi connectivity index (χ0v) is 13.1. The maximum absolute atomic E-state index is 5.60. The Morgan fingerprint density at radius 2 is 1.21 bits per heavy atom. The Hall–Kier alpha value is -0.630. The Morgan fingerprint density at radius 3 is 1.53 bits per heavy atom. The van der Waals surface area contributed by atoms with Crippen LogP contribution in [0, 0.1) is 0 Å². The smallest absolute Gasteiger partial charge is 0.115 e. The topological polar surface area (TPSA) is 25.8 Å². The van der Waals surface area contributed by atoms with Gasteiger partial charge in [0.25, 0.3) is 0 Å². The fourth-order valence-electron chi connectivity index (χ4n) is 1.84. The fourth-order valence-corrected chi connectivity index (χ4v) is 2.02. The number of halogens is 1. The third kappa shape index (κ3) is 17.4. The summed E-state index contributed by atoms with van der Waals surface area (Å²) >= 11 is 5.60. The molecule has 1 aromatic heterocycles. The van der Waals surface area contributed by atoms with Gasteiger partial charge < -0.3 is 0 Å². The minimum absolute atomic E-state index is 0.844. The highest BCUT2D eigenvalue weighted by Gasteiger charge is 1.91. The standard InChI is InChI=1S/C12H25Cl.C4H4N2/c1-2-3-4-5-6-7-8-9-10-11-12-13;1-2-5-4-6-3-1/h2-12H2,1H3;1-4H. The number of rotatable bonds is 10. The molecule has 0 aromatic carbocycles. The summed E-state index contributed by atoms with van der Waals surface area (Å²) in [5, 5.41) is 0. The van der Waals surface area contributed by atoms with Crippen LogP contribution in [0.1, 0.15) is 71.1 Å². The molecule has 3 heteroatoms. The van der Waals surface area contributed by atoms with Crippen molar-refractivity contribution in [1.29, 1.82) is 0 Å². The molecule has 0 saturated carbocycles. The largest absolute Gasteiger partial charge is 0.245 e.